The monoisotopic (exact) mass is 378 g/mol. The summed E-state index contributed by atoms with van der Waals surface area (Å²) in [6.07, 6.45) is 0.732. The van der Waals surface area contributed by atoms with E-state index in [0.29, 0.717) is 43.2 Å². The number of fused-ring (bicyclic) bond motifs is 2. The number of amides is 1. The van der Waals surface area contributed by atoms with Gasteiger partial charge in [-0.15, -0.1) is 0 Å². The van der Waals surface area contributed by atoms with Crippen LogP contribution in [0.15, 0.2) is 47.3 Å². The fraction of sp³-hybridized carbons (Fsp3) is 0.273. The van der Waals surface area contributed by atoms with Gasteiger partial charge in [-0.1, -0.05) is 18.2 Å². The zero-order valence-electron chi connectivity index (χ0n) is 15.7. The average Bonchev–Trinajstić information content (AvgIpc) is 2.68. The van der Waals surface area contributed by atoms with Crippen LogP contribution in [-0.4, -0.2) is 30.6 Å². The van der Waals surface area contributed by atoms with Crippen molar-refractivity contribution in [1.29, 1.82) is 0 Å². The molecular formula is C22H22N2O4. The van der Waals surface area contributed by atoms with Gasteiger partial charge >= 0.3 is 0 Å². The Morgan fingerprint density at radius 1 is 1.07 bits per heavy atom. The smallest absolute Gasteiger partial charge is 0.251 e. The van der Waals surface area contributed by atoms with Gasteiger partial charge in [0, 0.05) is 17.6 Å². The molecule has 144 valence electrons. The van der Waals surface area contributed by atoms with E-state index in [1.54, 1.807) is 0 Å². The summed E-state index contributed by atoms with van der Waals surface area (Å²) >= 11 is 0. The number of ether oxygens (including phenoxy) is 2. The number of rotatable bonds is 5. The van der Waals surface area contributed by atoms with Crippen LogP contribution < -0.4 is 20.3 Å². The fourth-order valence-electron chi connectivity index (χ4n) is 3.33. The number of carbonyl (C=O) groups excluding carboxylic acids is 1. The Morgan fingerprint density at radius 2 is 1.89 bits per heavy atom. The Morgan fingerprint density at radius 3 is 2.75 bits per heavy atom. The zero-order chi connectivity index (χ0) is 19.5. The van der Waals surface area contributed by atoms with Crippen molar-refractivity contribution in [2.24, 2.45) is 0 Å². The Bertz CT molecular complexity index is 1090. The quantitative estimate of drug-likeness (QED) is 0.715. The summed E-state index contributed by atoms with van der Waals surface area (Å²) < 4.78 is 11.0. The highest BCUT2D eigenvalue weighted by atomic mass is 16.6. The molecule has 1 aromatic heterocycles. The molecule has 0 spiro atoms. The van der Waals surface area contributed by atoms with Crippen molar-refractivity contribution in [2.75, 3.05) is 19.8 Å². The molecule has 0 unspecified atom stereocenters. The molecule has 2 heterocycles. The van der Waals surface area contributed by atoms with Crippen molar-refractivity contribution in [3.8, 4) is 11.5 Å². The second-order valence-corrected chi connectivity index (χ2v) is 6.97. The van der Waals surface area contributed by atoms with Crippen LogP contribution in [0.3, 0.4) is 0 Å². The summed E-state index contributed by atoms with van der Waals surface area (Å²) in [7, 11) is 0. The lowest BCUT2D eigenvalue weighted by Crippen LogP contribution is -2.28. The predicted molar refractivity (Wildman–Crippen MR) is 107 cm³/mol. The first-order chi connectivity index (χ1) is 13.6. The maximum Gasteiger partial charge on any atom is 0.251 e. The van der Waals surface area contributed by atoms with Gasteiger partial charge in [-0.3, -0.25) is 9.59 Å². The molecule has 2 aromatic carbocycles. The summed E-state index contributed by atoms with van der Waals surface area (Å²) in [5.74, 6) is 1.29. The van der Waals surface area contributed by atoms with Crippen LogP contribution in [0.4, 0.5) is 0 Å². The molecule has 0 radical (unpaired) electrons. The number of aromatic nitrogens is 1. The zero-order valence-corrected chi connectivity index (χ0v) is 15.7. The first-order valence-electron chi connectivity index (χ1n) is 9.36. The van der Waals surface area contributed by atoms with Gasteiger partial charge in [0.05, 0.1) is 6.42 Å². The minimum Gasteiger partial charge on any atom is -0.486 e. The van der Waals surface area contributed by atoms with E-state index in [2.05, 4.69) is 10.3 Å². The highest BCUT2D eigenvalue weighted by Crippen LogP contribution is 2.30. The third kappa shape index (κ3) is 4.01. The Hall–Kier alpha value is -3.28. The van der Waals surface area contributed by atoms with Crippen molar-refractivity contribution < 1.29 is 14.3 Å². The normalized spacial score (nSPS) is 12.8. The Kier molecular flexibility index (Phi) is 5.02. The molecular weight excluding hydrogens is 356 g/mol. The summed E-state index contributed by atoms with van der Waals surface area (Å²) in [6.45, 7) is 3.45. The van der Waals surface area contributed by atoms with Gasteiger partial charge in [0.15, 0.2) is 11.5 Å². The molecule has 0 saturated heterocycles. The van der Waals surface area contributed by atoms with Gasteiger partial charge in [-0.05, 0) is 54.1 Å². The van der Waals surface area contributed by atoms with E-state index in [0.717, 1.165) is 22.0 Å². The third-order valence-corrected chi connectivity index (χ3v) is 4.77. The SMILES string of the molecule is Cc1ccc2cc(CCNC(=O)Cc3ccc4c(c3)OCCO4)c(=O)[nH]c2c1. The number of pyridine rings is 1. The number of H-pyrrole nitrogens is 1. The standard InChI is InChI=1S/C22H22N2O4/c1-14-2-4-16-13-17(22(26)24-18(16)10-14)6-7-23-21(25)12-15-3-5-19-20(11-15)28-9-8-27-19/h2-5,10-11,13H,6-9,12H2,1H3,(H,23,25)(H,24,26). The van der Waals surface area contributed by atoms with Gasteiger partial charge in [0.1, 0.15) is 13.2 Å². The highest BCUT2D eigenvalue weighted by molar-refractivity contribution is 5.80. The summed E-state index contributed by atoms with van der Waals surface area (Å²) in [4.78, 5) is 27.4. The van der Waals surface area contributed by atoms with Gasteiger partial charge in [-0.2, -0.15) is 0 Å². The van der Waals surface area contributed by atoms with Crippen molar-refractivity contribution >= 4 is 16.8 Å². The van der Waals surface area contributed by atoms with Gasteiger partial charge in [0.2, 0.25) is 5.91 Å². The van der Waals surface area contributed by atoms with Crippen molar-refractivity contribution in [1.82, 2.24) is 10.3 Å². The van der Waals surface area contributed by atoms with Crippen LogP contribution in [0, 0.1) is 6.92 Å². The van der Waals surface area contributed by atoms with Crippen molar-refractivity contribution in [2.45, 2.75) is 19.8 Å². The van der Waals surface area contributed by atoms with Crippen LogP contribution in [0.2, 0.25) is 0 Å². The molecule has 2 N–H and O–H groups in total. The van der Waals surface area contributed by atoms with Crippen LogP contribution in [0.25, 0.3) is 10.9 Å². The maximum absolute atomic E-state index is 12.3. The molecule has 0 saturated carbocycles. The first kappa shape index (κ1) is 18.1. The van der Waals surface area contributed by atoms with Crippen molar-refractivity contribution in [3.05, 3.63) is 69.5 Å². The fourth-order valence-corrected chi connectivity index (χ4v) is 3.33. The van der Waals surface area contributed by atoms with E-state index < -0.39 is 0 Å². The largest absolute Gasteiger partial charge is 0.486 e. The number of benzene rings is 2. The van der Waals surface area contributed by atoms with E-state index in [1.165, 1.54) is 0 Å². The molecule has 0 bridgehead atoms. The lowest BCUT2D eigenvalue weighted by molar-refractivity contribution is -0.120. The van der Waals surface area contributed by atoms with E-state index in [-0.39, 0.29) is 17.9 Å². The van der Waals surface area contributed by atoms with E-state index in [4.69, 9.17) is 9.47 Å². The number of carbonyl (C=O) groups is 1. The molecule has 1 aliphatic heterocycles. The first-order valence-corrected chi connectivity index (χ1v) is 9.36. The number of hydrogen-bond donors (Lipinski definition) is 2. The molecule has 6 heteroatoms. The topological polar surface area (TPSA) is 80.4 Å². The van der Waals surface area contributed by atoms with Gasteiger partial charge in [-0.25, -0.2) is 0 Å². The lowest BCUT2D eigenvalue weighted by atomic mass is 10.1. The minimum atomic E-state index is -0.112. The average molecular weight is 378 g/mol. The summed E-state index contributed by atoms with van der Waals surface area (Å²) in [5, 5.41) is 3.87. The molecule has 0 aliphatic carbocycles. The van der Waals surface area contributed by atoms with Crippen LogP contribution >= 0.6 is 0 Å². The molecule has 0 fully saturated rings. The van der Waals surface area contributed by atoms with E-state index in [1.807, 2.05) is 49.4 Å². The number of aryl methyl sites for hydroxylation is 1. The molecule has 0 atom stereocenters. The van der Waals surface area contributed by atoms with Crippen LogP contribution in [-0.2, 0) is 17.6 Å². The molecule has 28 heavy (non-hydrogen) atoms. The second kappa shape index (κ2) is 7.76. The molecule has 3 aromatic rings. The predicted octanol–water partition coefficient (Wildman–Crippen LogP) is 2.51. The second-order valence-electron chi connectivity index (χ2n) is 6.97. The maximum atomic E-state index is 12.3. The minimum absolute atomic E-state index is 0.0930. The molecule has 6 nitrogen and oxygen atoms in total. The Labute approximate surface area is 162 Å². The Balaban J connectivity index is 1.35. The van der Waals surface area contributed by atoms with E-state index in [9.17, 15) is 9.59 Å². The summed E-state index contributed by atoms with van der Waals surface area (Å²) in [5.41, 5.74) is 3.34. The summed E-state index contributed by atoms with van der Waals surface area (Å²) in [6, 6.07) is 13.4. The van der Waals surface area contributed by atoms with Gasteiger partial charge < -0.3 is 19.8 Å². The lowest BCUT2D eigenvalue weighted by Gasteiger charge is -2.18. The number of hydrogen-bond acceptors (Lipinski definition) is 4. The number of nitrogens with one attached hydrogen (secondary N) is 2. The molecule has 1 aliphatic rings. The molecule has 1 amide bonds. The van der Waals surface area contributed by atoms with Crippen molar-refractivity contribution in [3.63, 3.8) is 0 Å². The van der Waals surface area contributed by atoms with E-state index >= 15 is 0 Å². The highest BCUT2D eigenvalue weighted by Gasteiger charge is 2.13. The van der Waals surface area contributed by atoms with Crippen LogP contribution in [0.1, 0.15) is 16.7 Å². The molecule has 4 rings (SSSR count). The third-order valence-electron chi connectivity index (χ3n) is 4.77. The van der Waals surface area contributed by atoms with Crippen LogP contribution in [0.5, 0.6) is 11.5 Å². The number of aromatic amines is 1. The van der Waals surface area contributed by atoms with Gasteiger partial charge in [0.25, 0.3) is 5.56 Å².